The van der Waals surface area contributed by atoms with Crippen LogP contribution in [0.1, 0.15) is 34.3 Å². The third-order valence-electron chi connectivity index (χ3n) is 6.35. The summed E-state index contributed by atoms with van der Waals surface area (Å²) < 4.78 is 10.7. The van der Waals surface area contributed by atoms with Gasteiger partial charge in [0.1, 0.15) is 0 Å². The molecule has 1 fully saturated rings. The minimum absolute atomic E-state index is 0.0675. The summed E-state index contributed by atoms with van der Waals surface area (Å²) in [5, 5.41) is 10.8. The van der Waals surface area contributed by atoms with Gasteiger partial charge in [-0.2, -0.15) is 0 Å². The maximum Gasteiger partial charge on any atom is 0.166 e. The lowest BCUT2D eigenvalue weighted by molar-refractivity contribution is 0.00985. The van der Waals surface area contributed by atoms with Crippen LogP contribution < -0.4 is 9.47 Å². The van der Waals surface area contributed by atoms with Crippen molar-refractivity contribution in [2.24, 2.45) is 11.8 Å². The van der Waals surface area contributed by atoms with Crippen LogP contribution in [0, 0.1) is 11.8 Å². The molecule has 29 heavy (non-hydrogen) atoms. The monoisotopic (exact) mass is 395 g/mol. The molecule has 3 unspecified atom stereocenters. The van der Waals surface area contributed by atoms with Crippen LogP contribution in [0.5, 0.6) is 11.5 Å². The number of benzene rings is 2. The van der Waals surface area contributed by atoms with E-state index in [-0.39, 0.29) is 17.6 Å². The Balaban J connectivity index is 1.38. The SMILES string of the molecule is COc1cc2c(cc1OC)C(=O)C(CC1CCN(Cc3ccccc3)CC1O)C2. The number of aliphatic hydroxyl groups is 1. The third-order valence-corrected chi connectivity index (χ3v) is 6.35. The molecule has 0 aromatic heterocycles. The van der Waals surface area contributed by atoms with Crippen LogP contribution in [0.25, 0.3) is 0 Å². The molecule has 3 atom stereocenters. The number of carbonyl (C=O) groups excluding carboxylic acids is 1. The zero-order valence-corrected chi connectivity index (χ0v) is 17.1. The van der Waals surface area contributed by atoms with Crippen molar-refractivity contribution in [3.8, 4) is 11.5 Å². The summed E-state index contributed by atoms with van der Waals surface area (Å²) in [4.78, 5) is 15.3. The number of likely N-dealkylation sites (tertiary alicyclic amines) is 1. The van der Waals surface area contributed by atoms with Crippen LogP contribution in [-0.2, 0) is 13.0 Å². The Morgan fingerprint density at radius 1 is 1.10 bits per heavy atom. The molecule has 5 heteroatoms. The molecule has 1 saturated heterocycles. The van der Waals surface area contributed by atoms with Crippen molar-refractivity contribution in [1.29, 1.82) is 0 Å². The zero-order chi connectivity index (χ0) is 20.4. The van der Waals surface area contributed by atoms with E-state index in [0.29, 0.717) is 24.5 Å². The first-order valence-electron chi connectivity index (χ1n) is 10.3. The number of β-amino-alcohol motifs (C(OH)–C–C–N with tert-alkyl or cyclic N) is 1. The molecule has 0 bridgehead atoms. The van der Waals surface area contributed by atoms with Crippen LogP contribution in [0.3, 0.4) is 0 Å². The fraction of sp³-hybridized carbons (Fsp3) is 0.458. The minimum atomic E-state index is -0.395. The van der Waals surface area contributed by atoms with Gasteiger partial charge in [0.05, 0.1) is 20.3 Å². The predicted octanol–water partition coefficient (Wildman–Crippen LogP) is 3.33. The van der Waals surface area contributed by atoms with Crippen molar-refractivity contribution < 1.29 is 19.4 Å². The molecular weight excluding hydrogens is 366 g/mol. The number of hydrogen-bond acceptors (Lipinski definition) is 5. The van der Waals surface area contributed by atoms with Crippen LogP contribution in [0.2, 0.25) is 0 Å². The van der Waals surface area contributed by atoms with Crippen LogP contribution >= 0.6 is 0 Å². The predicted molar refractivity (Wildman–Crippen MR) is 112 cm³/mol. The maximum atomic E-state index is 13.0. The average molecular weight is 395 g/mol. The van der Waals surface area contributed by atoms with Gasteiger partial charge in [-0.3, -0.25) is 9.69 Å². The smallest absolute Gasteiger partial charge is 0.166 e. The highest BCUT2D eigenvalue weighted by molar-refractivity contribution is 6.02. The van der Waals surface area contributed by atoms with Crippen LogP contribution in [0.4, 0.5) is 0 Å². The number of aliphatic hydroxyl groups excluding tert-OH is 1. The molecule has 2 aromatic carbocycles. The van der Waals surface area contributed by atoms with Gasteiger partial charge in [-0.15, -0.1) is 0 Å². The third kappa shape index (κ3) is 4.16. The summed E-state index contributed by atoms with van der Waals surface area (Å²) in [5.41, 5.74) is 3.03. The molecule has 0 radical (unpaired) electrons. The number of hydrogen-bond donors (Lipinski definition) is 1. The number of fused-ring (bicyclic) bond motifs is 1. The molecule has 1 N–H and O–H groups in total. The second-order valence-electron chi connectivity index (χ2n) is 8.20. The summed E-state index contributed by atoms with van der Waals surface area (Å²) in [6.07, 6.45) is 1.97. The van der Waals surface area contributed by atoms with E-state index in [4.69, 9.17) is 9.47 Å². The van der Waals surface area contributed by atoms with E-state index in [9.17, 15) is 9.90 Å². The number of carbonyl (C=O) groups is 1. The standard InChI is InChI=1S/C24H29NO4/c1-28-22-12-18-11-19(24(27)20(18)13-23(22)29-2)10-17-8-9-25(15-21(17)26)14-16-6-4-3-5-7-16/h3-7,12-13,17,19,21,26H,8-11,14-15H2,1-2H3. The summed E-state index contributed by atoms with van der Waals surface area (Å²) in [6.45, 7) is 2.47. The van der Waals surface area contributed by atoms with E-state index in [2.05, 4.69) is 17.0 Å². The van der Waals surface area contributed by atoms with E-state index in [0.717, 1.165) is 37.1 Å². The van der Waals surface area contributed by atoms with Gasteiger partial charge in [0.2, 0.25) is 0 Å². The molecule has 0 saturated carbocycles. The van der Waals surface area contributed by atoms with Gasteiger partial charge in [-0.25, -0.2) is 0 Å². The molecule has 5 nitrogen and oxygen atoms in total. The summed E-state index contributed by atoms with van der Waals surface area (Å²) in [7, 11) is 3.19. The minimum Gasteiger partial charge on any atom is -0.493 e. The number of rotatable bonds is 6. The first-order chi connectivity index (χ1) is 14.1. The summed E-state index contributed by atoms with van der Waals surface area (Å²) in [5.74, 6) is 1.51. The lowest BCUT2D eigenvalue weighted by Crippen LogP contribution is -2.44. The second kappa shape index (κ2) is 8.56. The highest BCUT2D eigenvalue weighted by Gasteiger charge is 2.37. The Kier molecular flexibility index (Phi) is 5.88. The lowest BCUT2D eigenvalue weighted by Gasteiger charge is -2.36. The normalized spacial score (nSPS) is 24.4. The number of nitrogens with zero attached hydrogens (tertiary/aromatic N) is 1. The Bertz CT molecular complexity index is 867. The number of ether oxygens (including phenoxy) is 2. The van der Waals surface area contributed by atoms with Crippen molar-refractivity contribution in [2.45, 2.75) is 31.9 Å². The summed E-state index contributed by atoms with van der Waals surface area (Å²) in [6, 6.07) is 14.1. The molecule has 0 amide bonds. The van der Waals surface area contributed by atoms with Crippen LogP contribution in [-0.4, -0.2) is 49.2 Å². The summed E-state index contributed by atoms with van der Waals surface area (Å²) >= 11 is 0. The van der Waals surface area contributed by atoms with Gasteiger partial charge in [-0.05, 0) is 55.0 Å². The van der Waals surface area contributed by atoms with E-state index in [1.165, 1.54) is 5.56 Å². The molecule has 154 valence electrons. The first kappa shape index (κ1) is 19.9. The highest BCUT2D eigenvalue weighted by atomic mass is 16.5. The van der Waals surface area contributed by atoms with E-state index >= 15 is 0 Å². The Hall–Kier alpha value is -2.37. The fourth-order valence-corrected chi connectivity index (χ4v) is 4.76. The zero-order valence-electron chi connectivity index (χ0n) is 17.1. The van der Waals surface area contributed by atoms with Gasteiger partial charge in [0, 0.05) is 24.6 Å². The largest absolute Gasteiger partial charge is 0.493 e. The molecular formula is C24H29NO4. The average Bonchev–Trinajstić information content (AvgIpc) is 3.04. The van der Waals surface area contributed by atoms with Gasteiger partial charge < -0.3 is 14.6 Å². The topological polar surface area (TPSA) is 59.0 Å². The van der Waals surface area contributed by atoms with E-state index in [1.807, 2.05) is 24.3 Å². The van der Waals surface area contributed by atoms with Crippen LogP contribution in [0.15, 0.2) is 42.5 Å². The Morgan fingerprint density at radius 3 is 2.52 bits per heavy atom. The molecule has 2 aliphatic rings. The second-order valence-corrected chi connectivity index (χ2v) is 8.20. The Morgan fingerprint density at radius 2 is 1.83 bits per heavy atom. The lowest BCUT2D eigenvalue weighted by atomic mass is 9.83. The van der Waals surface area contributed by atoms with Crippen molar-refractivity contribution in [3.63, 3.8) is 0 Å². The van der Waals surface area contributed by atoms with Gasteiger partial charge >= 0.3 is 0 Å². The molecule has 1 aliphatic heterocycles. The van der Waals surface area contributed by atoms with Gasteiger partial charge in [0.25, 0.3) is 0 Å². The van der Waals surface area contributed by atoms with Gasteiger partial charge in [0.15, 0.2) is 17.3 Å². The Labute approximate surface area is 172 Å². The maximum absolute atomic E-state index is 13.0. The first-order valence-corrected chi connectivity index (χ1v) is 10.3. The van der Waals surface area contributed by atoms with Crippen molar-refractivity contribution in [2.75, 3.05) is 27.3 Å². The van der Waals surface area contributed by atoms with Gasteiger partial charge in [-0.1, -0.05) is 30.3 Å². The molecule has 0 spiro atoms. The van der Waals surface area contributed by atoms with E-state index < -0.39 is 6.10 Å². The highest BCUT2D eigenvalue weighted by Crippen LogP contribution is 2.39. The molecule has 1 heterocycles. The fourth-order valence-electron chi connectivity index (χ4n) is 4.76. The van der Waals surface area contributed by atoms with Crippen molar-refractivity contribution in [3.05, 3.63) is 59.2 Å². The number of ketones is 1. The van der Waals surface area contributed by atoms with E-state index in [1.54, 1.807) is 20.3 Å². The van der Waals surface area contributed by atoms with Crippen molar-refractivity contribution in [1.82, 2.24) is 4.90 Å². The molecule has 4 rings (SSSR count). The quantitative estimate of drug-likeness (QED) is 0.813. The molecule has 1 aliphatic carbocycles. The molecule has 2 aromatic rings. The number of Topliss-reactive ketones (excluding diaryl/α,β-unsaturated/α-hetero) is 1. The van der Waals surface area contributed by atoms with Crippen molar-refractivity contribution >= 4 is 5.78 Å². The number of methoxy groups -OCH3 is 2. The number of piperidine rings is 1.